The van der Waals surface area contributed by atoms with Crippen molar-refractivity contribution in [2.45, 2.75) is 6.92 Å². The number of rotatable bonds is 3. The molecule has 0 amide bonds. The molecule has 0 spiro atoms. The number of fused-ring (bicyclic) bond motifs is 1. The van der Waals surface area contributed by atoms with Gasteiger partial charge in [0.2, 0.25) is 0 Å². The highest BCUT2D eigenvalue weighted by molar-refractivity contribution is 6.13. The van der Waals surface area contributed by atoms with E-state index in [1.807, 2.05) is 19.1 Å². The van der Waals surface area contributed by atoms with Crippen LogP contribution < -0.4 is 0 Å². The van der Waals surface area contributed by atoms with Gasteiger partial charge in [-0.2, -0.15) is 0 Å². The van der Waals surface area contributed by atoms with E-state index in [0.717, 1.165) is 11.1 Å². The van der Waals surface area contributed by atoms with Crippen molar-refractivity contribution in [3.05, 3.63) is 64.2 Å². The van der Waals surface area contributed by atoms with E-state index in [0.29, 0.717) is 16.9 Å². The van der Waals surface area contributed by atoms with Crippen molar-refractivity contribution in [1.29, 1.82) is 0 Å². The Balaban J connectivity index is 1.92. The van der Waals surface area contributed by atoms with Crippen molar-refractivity contribution >= 4 is 23.8 Å². The van der Waals surface area contributed by atoms with Crippen LogP contribution >= 0.6 is 0 Å². The number of benzene rings is 2. The molecular formula is C18H14O5. The molecule has 1 N–H and O–H groups in total. The molecule has 5 nitrogen and oxygen atoms in total. The minimum atomic E-state index is -0.832. The largest absolute Gasteiger partial charge is 0.513 e. The van der Waals surface area contributed by atoms with Crippen LogP contribution in [-0.4, -0.2) is 24.2 Å². The smallest absolute Gasteiger partial charge is 0.507 e. The lowest BCUT2D eigenvalue weighted by molar-refractivity contribution is 0.103. The highest BCUT2D eigenvalue weighted by atomic mass is 16.7. The number of hydrogen-bond acceptors (Lipinski definition) is 5. The lowest BCUT2D eigenvalue weighted by Crippen LogP contribution is -2.11. The highest BCUT2D eigenvalue weighted by Gasteiger charge is 2.25. The summed E-state index contributed by atoms with van der Waals surface area (Å²) in [6, 6.07) is 10.2. The highest BCUT2D eigenvalue weighted by Crippen LogP contribution is 2.38. The molecule has 23 heavy (non-hydrogen) atoms. The second-order valence-corrected chi connectivity index (χ2v) is 5.17. The molecule has 0 unspecified atom stereocenters. The first-order valence-corrected chi connectivity index (χ1v) is 6.96. The summed E-state index contributed by atoms with van der Waals surface area (Å²) in [5, 5.41) is 10.2. The fraction of sp³-hybridized carbons (Fsp3) is 0.111. The summed E-state index contributed by atoms with van der Waals surface area (Å²) in [5.41, 5.74) is 2.88. The summed E-state index contributed by atoms with van der Waals surface area (Å²) in [6.45, 7) is 1.84. The summed E-state index contributed by atoms with van der Waals surface area (Å²) in [4.78, 5) is 23.7. The zero-order valence-corrected chi connectivity index (χ0v) is 12.6. The van der Waals surface area contributed by atoms with Gasteiger partial charge in [0.1, 0.15) is 11.5 Å². The molecule has 0 heterocycles. The van der Waals surface area contributed by atoms with Crippen molar-refractivity contribution < 1.29 is 24.2 Å². The van der Waals surface area contributed by atoms with E-state index in [4.69, 9.17) is 4.74 Å². The predicted octanol–water partition coefficient (Wildman–Crippen LogP) is 3.53. The average Bonchev–Trinajstić information content (AvgIpc) is 2.54. The van der Waals surface area contributed by atoms with Gasteiger partial charge >= 0.3 is 6.16 Å². The Hall–Kier alpha value is -3.08. The topological polar surface area (TPSA) is 72.8 Å². The number of phenolic OH excluding ortho intramolecular Hbond substituents is 1. The van der Waals surface area contributed by atoms with E-state index in [1.165, 1.54) is 13.2 Å². The van der Waals surface area contributed by atoms with E-state index in [1.54, 1.807) is 24.3 Å². The second kappa shape index (κ2) is 5.61. The van der Waals surface area contributed by atoms with Crippen molar-refractivity contribution in [2.75, 3.05) is 7.11 Å². The fourth-order valence-corrected chi connectivity index (χ4v) is 2.45. The quantitative estimate of drug-likeness (QED) is 0.693. The Morgan fingerprint density at radius 1 is 1.09 bits per heavy atom. The van der Waals surface area contributed by atoms with E-state index in [-0.39, 0.29) is 17.1 Å². The number of phenols is 1. The molecule has 3 rings (SSSR count). The van der Waals surface area contributed by atoms with Gasteiger partial charge in [-0.25, -0.2) is 4.79 Å². The van der Waals surface area contributed by atoms with Crippen molar-refractivity contribution in [1.82, 2.24) is 0 Å². The van der Waals surface area contributed by atoms with Gasteiger partial charge < -0.3 is 14.6 Å². The molecule has 0 radical (unpaired) electrons. The molecule has 2 aromatic carbocycles. The first-order chi connectivity index (χ1) is 11.0. The third-order valence-corrected chi connectivity index (χ3v) is 3.71. The molecule has 0 bridgehead atoms. The van der Waals surface area contributed by atoms with Gasteiger partial charge in [0.05, 0.1) is 12.7 Å². The van der Waals surface area contributed by atoms with Crippen LogP contribution in [-0.2, 0) is 9.47 Å². The zero-order valence-electron chi connectivity index (χ0n) is 12.6. The summed E-state index contributed by atoms with van der Waals surface area (Å²) in [7, 11) is 1.21. The molecule has 116 valence electrons. The third-order valence-electron chi connectivity index (χ3n) is 3.71. The van der Waals surface area contributed by atoms with Crippen molar-refractivity contribution in [2.24, 2.45) is 0 Å². The average molecular weight is 310 g/mol. The zero-order chi connectivity index (χ0) is 16.6. The molecule has 5 heteroatoms. The van der Waals surface area contributed by atoms with Crippen molar-refractivity contribution in [3.8, 4) is 5.75 Å². The van der Waals surface area contributed by atoms with Gasteiger partial charge in [-0.1, -0.05) is 24.3 Å². The number of hydrogen-bond donors (Lipinski definition) is 1. The maximum absolute atomic E-state index is 12.6. The predicted molar refractivity (Wildman–Crippen MR) is 84.1 cm³/mol. The minimum absolute atomic E-state index is 0.156. The molecule has 0 aliphatic heterocycles. The van der Waals surface area contributed by atoms with Crippen LogP contribution in [0, 0.1) is 6.92 Å². The molecule has 1 aliphatic rings. The Labute approximate surface area is 132 Å². The van der Waals surface area contributed by atoms with Crippen molar-refractivity contribution in [3.63, 3.8) is 0 Å². The monoisotopic (exact) mass is 310 g/mol. The van der Waals surface area contributed by atoms with E-state index in [2.05, 4.69) is 4.74 Å². The van der Waals surface area contributed by atoms with Crippen LogP contribution in [0.2, 0.25) is 0 Å². The van der Waals surface area contributed by atoms with Crippen LogP contribution in [0.4, 0.5) is 4.79 Å². The molecule has 1 aliphatic carbocycles. The van der Waals surface area contributed by atoms with Gasteiger partial charge in [-0.05, 0) is 36.3 Å². The standard InChI is InChI=1S/C18H14O5/c1-10-5-3-4-6-12(10)17(20)14-7-11-8-16(23-18(21)22-2)13(11)9-15(14)19/h3-9,19H,1-2H3. The van der Waals surface area contributed by atoms with Crippen LogP contribution in [0.5, 0.6) is 5.75 Å². The molecule has 0 saturated heterocycles. The number of carbonyl (C=O) groups is 2. The maximum Gasteiger partial charge on any atom is 0.513 e. The lowest BCUT2D eigenvalue weighted by Gasteiger charge is -2.20. The summed E-state index contributed by atoms with van der Waals surface area (Å²) >= 11 is 0. The van der Waals surface area contributed by atoms with E-state index < -0.39 is 6.16 Å². The first-order valence-electron chi connectivity index (χ1n) is 6.96. The molecular weight excluding hydrogens is 296 g/mol. The molecule has 0 saturated carbocycles. The molecule has 0 aromatic heterocycles. The van der Waals surface area contributed by atoms with E-state index >= 15 is 0 Å². The Bertz CT molecular complexity index is 848. The number of aromatic hydroxyl groups is 1. The Morgan fingerprint density at radius 3 is 2.52 bits per heavy atom. The number of methoxy groups -OCH3 is 1. The lowest BCUT2D eigenvalue weighted by atomic mass is 9.89. The normalized spacial score (nSPS) is 11.8. The maximum atomic E-state index is 12.6. The molecule has 2 aromatic rings. The number of ketones is 1. The third kappa shape index (κ3) is 2.57. The van der Waals surface area contributed by atoms with Gasteiger partial charge in [-0.3, -0.25) is 4.79 Å². The Kier molecular flexibility index (Phi) is 3.62. The second-order valence-electron chi connectivity index (χ2n) is 5.17. The number of ether oxygens (including phenoxy) is 2. The van der Waals surface area contributed by atoms with Crippen LogP contribution in [0.25, 0.3) is 11.8 Å². The summed E-state index contributed by atoms with van der Waals surface area (Å²) in [6.07, 6.45) is 0.779. The summed E-state index contributed by atoms with van der Waals surface area (Å²) < 4.78 is 9.34. The van der Waals surface area contributed by atoms with Crippen LogP contribution in [0.1, 0.15) is 32.6 Å². The number of aryl methyl sites for hydroxylation is 1. The van der Waals surface area contributed by atoms with E-state index in [9.17, 15) is 14.7 Å². The van der Waals surface area contributed by atoms with Crippen LogP contribution in [0.15, 0.2) is 36.4 Å². The fourth-order valence-electron chi connectivity index (χ4n) is 2.45. The Morgan fingerprint density at radius 2 is 1.83 bits per heavy atom. The molecule has 0 atom stereocenters. The number of carbonyl (C=O) groups excluding carboxylic acids is 2. The van der Waals surface area contributed by atoms with Gasteiger partial charge in [-0.15, -0.1) is 0 Å². The SMILES string of the molecule is COC(=O)OC1=Cc2cc(C(=O)c3ccccc3C)c(O)cc21. The van der Waals surface area contributed by atoms with Crippen LogP contribution in [0.3, 0.4) is 0 Å². The molecule has 0 fully saturated rings. The first kappa shape index (κ1) is 14.8. The summed E-state index contributed by atoms with van der Waals surface area (Å²) in [5.74, 6) is -0.104. The van der Waals surface area contributed by atoms with Gasteiger partial charge in [0.25, 0.3) is 0 Å². The van der Waals surface area contributed by atoms with Gasteiger partial charge in [0.15, 0.2) is 5.78 Å². The minimum Gasteiger partial charge on any atom is -0.507 e. The van der Waals surface area contributed by atoms with Gasteiger partial charge in [0, 0.05) is 11.1 Å².